The molecule has 1 amide bonds. The van der Waals surface area contributed by atoms with Gasteiger partial charge in [0.2, 0.25) is 5.91 Å². The molecule has 0 aromatic heterocycles. The zero-order valence-electron chi connectivity index (χ0n) is 44.9. The van der Waals surface area contributed by atoms with Crippen LogP contribution in [0.5, 0.6) is 0 Å². The zero-order valence-corrected chi connectivity index (χ0v) is 44.9. The van der Waals surface area contributed by atoms with Gasteiger partial charge in [-0.25, -0.2) is 0 Å². The Balaban J connectivity index is 3.49. The Morgan fingerprint density at radius 2 is 0.652 bits per heavy atom. The summed E-state index contributed by atoms with van der Waals surface area (Å²) in [4.78, 5) is 12.6. The Labute approximate surface area is 413 Å². The molecule has 0 saturated heterocycles. The van der Waals surface area contributed by atoms with Crippen molar-refractivity contribution in [2.24, 2.45) is 0 Å². The maximum atomic E-state index is 12.6. The Kier molecular flexibility index (Phi) is 55.4. The number of rotatable bonds is 56. The van der Waals surface area contributed by atoms with Crippen molar-refractivity contribution >= 4 is 5.91 Å². The van der Waals surface area contributed by atoms with Gasteiger partial charge in [0.25, 0.3) is 0 Å². The van der Waals surface area contributed by atoms with Crippen molar-refractivity contribution in [3.63, 3.8) is 0 Å². The van der Waals surface area contributed by atoms with Gasteiger partial charge in [-0.1, -0.05) is 308 Å². The molecular weight excluding hydrogens is 811 g/mol. The lowest BCUT2D eigenvalue weighted by atomic mass is 10.0. The van der Waals surface area contributed by atoms with Gasteiger partial charge in [-0.05, 0) is 44.9 Å². The fourth-order valence-electron chi connectivity index (χ4n) is 9.67. The molecule has 0 spiro atoms. The van der Waals surface area contributed by atoms with E-state index in [-0.39, 0.29) is 18.9 Å². The molecule has 0 rings (SSSR count). The van der Waals surface area contributed by atoms with Crippen LogP contribution in [0.1, 0.15) is 335 Å². The van der Waals surface area contributed by atoms with Crippen LogP contribution in [0, 0.1) is 0 Å². The largest absolute Gasteiger partial charge is 0.394 e. The van der Waals surface area contributed by atoms with E-state index in [2.05, 4.69) is 43.5 Å². The Hall–Kier alpha value is -1.17. The van der Waals surface area contributed by atoms with E-state index in [1.807, 2.05) is 0 Å². The second-order valence-corrected chi connectivity index (χ2v) is 21.0. The summed E-state index contributed by atoms with van der Waals surface area (Å²) in [5, 5.41) is 33.7. The fourth-order valence-corrected chi connectivity index (χ4v) is 9.67. The second-order valence-electron chi connectivity index (χ2n) is 21.0. The molecule has 0 aliphatic carbocycles. The van der Waals surface area contributed by atoms with Crippen LogP contribution >= 0.6 is 0 Å². The van der Waals surface area contributed by atoms with Crippen LogP contribution in [0.3, 0.4) is 0 Å². The molecule has 392 valence electrons. The lowest BCUT2D eigenvalue weighted by molar-refractivity contribution is -0.125. The van der Waals surface area contributed by atoms with Crippen molar-refractivity contribution in [1.82, 2.24) is 5.32 Å². The van der Waals surface area contributed by atoms with Crippen molar-refractivity contribution in [2.45, 2.75) is 353 Å². The summed E-state index contributed by atoms with van der Waals surface area (Å²) >= 11 is 0. The lowest BCUT2D eigenvalue weighted by Crippen LogP contribution is -2.46. The Bertz CT molecular complexity index is 982. The monoisotopic (exact) mass is 930 g/mol. The van der Waals surface area contributed by atoms with Crippen molar-refractivity contribution in [3.05, 3.63) is 24.3 Å². The highest BCUT2D eigenvalue weighted by Crippen LogP contribution is 2.18. The van der Waals surface area contributed by atoms with Gasteiger partial charge in [0.05, 0.1) is 31.3 Å². The van der Waals surface area contributed by atoms with Gasteiger partial charge in [0.15, 0.2) is 0 Å². The van der Waals surface area contributed by atoms with Crippen LogP contribution in [-0.2, 0) is 4.79 Å². The minimum atomic E-state index is -0.748. The Morgan fingerprint density at radius 3 is 0.955 bits per heavy atom. The molecule has 0 heterocycles. The summed E-state index contributed by atoms with van der Waals surface area (Å²) in [5.74, 6) is -0.277. The lowest BCUT2D eigenvalue weighted by Gasteiger charge is -2.23. The molecule has 0 aromatic carbocycles. The molecule has 5 nitrogen and oxygen atoms in total. The Morgan fingerprint density at radius 1 is 0.379 bits per heavy atom. The number of hydrogen-bond donors (Lipinski definition) is 4. The molecule has 0 aliphatic heterocycles. The first-order chi connectivity index (χ1) is 32.5. The predicted octanol–water partition coefficient (Wildman–Crippen LogP) is 18.8. The number of carbonyl (C=O) groups excluding carboxylic acids is 1. The molecule has 0 aromatic rings. The van der Waals surface area contributed by atoms with Gasteiger partial charge < -0.3 is 20.6 Å². The van der Waals surface area contributed by atoms with Crippen LogP contribution in [0.15, 0.2) is 24.3 Å². The normalized spacial score (nSPS) is 13.3. The van der Waals surface area contributed by atoms with E-state index < -0.39 is 18.2 Å². The topological polar surface area (TPSA) is 89.8 Å². The van der Waals surface area contributed by atoms with E-state index in [0.717, 1.165) is 32.1 Å². The second kappa shape index (κ2) is 56.4. The summed E-state index contributed by atoms with van der Waals surface area (Å²) in [7, 11) is 0. The first-order valence-corrected chi connectivity index (χ1v) is 30.1. The minimum Gasteiger partial charge on any atom is -0.394 e. The fraction of sp³-hybridized carbons (Fsp3) is 0.918. The summed E-state index contributed by atoms with van der Waals surface area (Å²) in [6.07, 6.45) is 72.1. The number of unbranched alkanes of at least 4 members (excludes halogenated alkanes) is 43. The maximum absolute atomic E-state index is 12.6. The minimum absolute atomic E-state index is 0.0395. The number of aliphatic hydroxyl groups excluding tert-OH is 3. The average molecular weight is 931 g/mol. The molecule has 0 saturated carbocycles. The molecule has 0 aliphatic rings. The van der Waals surface area contributed by atoms with E-state index in [4.69, 9.17) is 0 Å². The average Bonchev–Trinajstić information content (AvgIpc) is 3.31. The molecule has 5 heteroatoms. The number of nitrogens with one attached hydrogen (secondary N) is 1. The van der Waals surface area contributed by atoms with Gasteiger partial charge in [-0.3, -0.25) is 4.79 Å². The van der Waals surface area contributed by atoms with Crippen LogP contribution in [0.2, 0.25) is 0 Å². The maximum Gasteiger partial charge on any atom is 0.222 e. The SMILES string of the molecule is CCCCCCCCCCCCC/C=C\C/C=C\CCCCCCCCCCCCCCCCCC(O)CC(=O)NC(CO)C(O)CCCCCCCCCCCCCCCCCCCC. The van der Waals surface area contributed by atoms with Crippen molar-refractivity contribution < 1.29 is 20.1 Å². The molecule has 0 radical (unpaired) electrons. The highest BCUT2D eigenvalue weighted by molar-refractivity contribution is 5.76. The number of allylic oxidation sites excluding steroid dienone is 4. The van der Waals surface area contributed by atoms with E-state index in [1.54, 1.807) is 0 Å². The van der Waals surface area contributed by atoms with Gasteiger partial charge in [-0.15, -0.1) is 0 Å². The number of amides is 1. The predicted molar refractivity (Wildman–Crippen MR) is 292 cm³/mol. The van der Waals surface area contributed by atoms with E-state index in [1.165, 1.54) is 270 Å². The molecule has 3 unspecified atom stereocenters. The zero-order chi connectivity index (χ0) is 47.9. The summed E-state index contributed by atoms with van der Waals surface area (Å²) < 4.78 is 0. The van der Waals surface area contributed by atoms with Crippen molar-refractivity contribution in [2.75, 3.05) is 6.61 Å². The molecule has 4 N–H and O–H groups in total. The highest BCUT2D eigenvalue weighted by Gasteiger charge is 2.21. The van der Waals surface area contributed by atoms with Crippen LogP contribution in [0.4, 0.5) is 0 Å². The summed E-state index contributed by atoms with van der Waals surface area (Å²) in [6, 6.07) is -0.657. The number of aliphatic hydroxyl groups is 3. The van der Waals surface area contributed by atoms with Gasteiger partial charge in [-0.2, -0.15) is 0 Å². The van der Waals surface area contributed by atoms with Crippen LogP contribution in [0.25, 0.3) is 0 Å². The first kappa shape index (κ1) is 64.8. The third-order valence-corrected chi connectivity index (χ3v) is 14.3. The van der Waals surface area contributed by atoms with Crippen molar-refractivity contribution in [3.8, 4) is 0 Å². The van der Waals surface area contributed by atoms with E-state index in [0.29, 0.717) is 12.8 Å². The molecule has 0 bridgehead atoms. The number of carbonyl (C=O) groups is 1. The van der Waals surface area contributed by atoms with Gasteiger partial charge >= 0.3 is 0 Å². The van der Waals surface area contributed by atoms with Gasteiger partial charge in [0, 0.05) is 0 Å². The quantitative estimate of drug-likeness (QED) is 0.0361. The first-order valence-electron chi connectivity index (χ1n) is 30.1. The summed E-state index contributed by atoms with van der Waals surface area (Å²) in [6.45, 7) is 4.30. The van der Waals surface area contributed by atoms with Crippen LogP contribution in [-0.4, -0.2) is 46.1 Å². The number of hydrogen-bond acceptors (Lipinski definition) is 4. The molecule has 66 heavy (non-hydrogen) atoms. The summed E-state index contributed by atoms with van der Waals surface area (Å²) in [5.41, 5.74) is 0. The van der Waals surface area contributed by atoms with Crippen molar-refractivity contribution in [1.29, 1.82) is 0 Å². The highest BCUT2D eigenvalue weighted by atomic mass is 16.3. The van der Waals surface area contributed by atoms with Crippen LogP contribution < -0.4 is 5.32 Å². The molecule has 3 atom stereocenters. The third kappa shape index (κ3) is 52.2. The van der Waals surface area contributed by atoms with Gasteiger partial charge in [0.1, 0.15) is 0 Å². The molecule has 0 fully saturated rings. The smallest absolute Gasteiger partial charge is 0.222 e. The third-order valence-electron chi connectivity index (χ3n) is 14.3. The standard InChI is InChI=1S/C61H119NO4/c1-3-5-7-9-11-13-15-17-19-21-23-24-25-26-27-28-29-30-31-32-33-34-35-36-37-38-40-42-44-46-48-50-52-54-58(64)56-61(66)62-59(57-63)60(65)55-53-51-49-47-45-43-41-39-22-20-18-16-14-12-10-8-6-4-2/h25-26,28-29,58-60,63-65H,3-24,27,30-57H2,1-2H3,(H,62,66)/b26-25-,29-28-. The van der Waals surface area contributed by atoms with E-state index in [9.17, 15) is 20.1 Å². The van der Waals surface area contributed by atoms with E-state index >= 15 is 0 Å². The molecular formula is C61H119NO4.